The Hall–Kier alpha value is -1.64. The second-order valence-corrected chi connectivity index (χ2v) is 3.06. The smallest absolute Gasteiger partial charge is 0.217 e. The van der Waals surface area contributed by atoms with E-state index in [2.05, 4.69) is 16.9 Å². The first-order valence-electron chi connectivity index (χ1n) is 4.52. The van der Waals surface area contributed by atoms with Crippen LogP contribution in [0.3, 0.4) is 0 Å². The molecule has 1 aromatic heterocycles. The largest absolute Gasteiger partial charge is 0.349 e. The molecule has 1 aromatic rings. The van der Waals surface area contributed by atoms with Gasteiger partial charge in [0.2, 0.25) is 5.91 Å². The van der Waals surface area contributed by atoms with E-state index < -0.39 is 0 Å². The van der Waals surface area contributed by atoms with Crippen molar-refractivity contribution >= 4 is 5.91 Å². The molecule has 1 N–H and O–H groups in total. The molecule has 0 aromatic carbocycles. The van der Waals surface area contributed by atoms with Crippen molar-refractivity contribution in [3.8, 4) is 0 Å². The SMILES string of the molecule is C=CC[C@@H](NC(C)=O)c1ccncc1. The van der Waals surface area contributed by atoms with Crippen molar-refractivity contribution in [2.45, 2.75) is 19.4 Å². The fraction of sp³-hybridized carbons (Fsp3) is 0.273. The number of aromatic nitrogens is 1. The number of hydrogen-bond donors (Lipinski definition) is 1. The number of amides is 1. The van der Waals surface area contributed by atoms with Crippen LogP contribution < -0.4 is 5.32 Å². The van der Waals surface area contributed by atoms with Gasteiger partial charge in [-0.2, -0.15) is 0 Å². The van der Waals surface area contributed by atoms with Gasteiger partial charge in [-0.25, -0.2) is 0 Å². The van der Waals surface area contributed by atoms with Crippen LogP contribution in [0.5, 0.6) is 0 Å². The molecule has 0 spiro atoms. The zero-order valence-electron chi connectivity index (χ0n) is 8.23. The summed E-state index contributed by atoms with van der Waals surface area (Å²) in [6, 6.07) is 3.79. The third-order valence-electron chi connectivity index (χ3n) is 1.89. The van der Waals surface area contributed by atoms with Gasteiger partial charge in [0.25, 0.3) is 0 Å². The predicted molar refractivity (Wildman–Crippen MR) is 55.6 cm³/mol. The minimum atomic E-state index is -0.0336. The van der Waals surface area contributed by atoms with Crippen LogP contribution in [-0.4, -0.2) is 10.9 Å². The first-order chi connectivity index (χ1) is 6.74. The summed E-state index contributed by atoms with van der Waals surface area (Å²) in [5.41, 5.74) is 1.05. The third-order valence-corrected chi connectivity index (χ3v) is 1.89. The molecule has 0 aliphatic carbocycles. The number of nitrogens with one attached hydrogen (secondary N) is 1. The molecule has 1 heterocycles. The lowest BCUT2D eigenvalue weighted by Crippen LogP contribution is -2.25. The average molecular weight is 190 g/mol. The van der Waals surface area contributed by atoms with E-state index in [0.717, 1.165) is 12.0 Å². The van der Waals surface area contributed by atoms with Gasteiger partial charge in [0.05, 0.1) is 6.04 Å². The number of pyridine rings is 1. The highest BCUT2D eigenvalue weighted by Gasteiger charge is 2.09. The summed E-state index contributed by atoms with van der Waals surface area (Å²) >= 11 is 0. The maximum atomic E-state index is 10.9. The molecule has 1 amide bonds. The Bertz CT molecular complexity index is 308. The minimum Gasteiger partial charge on any atom is -0.349 e. The fourth-order valence-corrected chi connectivity index (χ4v) is 1.29. The van der Waals surface area contributed by atoms with Crippen LogP contribution in [0.15, 0.2) is 37.2 Å². The summed E-state index contributed by atoms with van der Waals surface area (Å²) in [4.78, 5) is 14.9. The van der Waals surface area contributed by atoms with E-state index >= 15 is 0 Å². The molecule has 14 heavy (non-hydrogen) atoms. The van der Waals surface area contributed by atoms with Gasteiger partial charge in [-0.3, -0.25) is 9.78 Å². The lowest BCUT2D eigenvalue weighted by atomic mass is 10.1. The Labute approximate surface area is 83.9 Å². The van der Waals surface area contributed by atoms with Gasteiger partial charge >= 0.3 is 0 Å². The van der Waals surface area contributed by atoms with E-state index in [9.17, 15) is 4.79 Å². The molecule has 0 radical (unpaired) electrons. The average Bonchev–Trinajstić information content (AvgIpc) is 2.18. The van der Waals surface area contributed by atoms with E-state index in [-0.39, 0.29) is 11.9 Å². The lowest BCUT2D eigenvalue weighted by molar-refractivity contribution is -0.119. The van der Waals surface area contributed by atoms with Crippen LogP contribution in [0.2, 0.25) is 0 Å². The number of carbonyl (C=O) groups excluding carboxylic acids is 1. The normalized spacial score (nSPS) is 11.8. The fourth-order valence-electron chi connectivity index (χ4n) is 1.29. The monoisotopic (exact) mass is 190 g/mol. The molecule has 0 saturated carbocycles. The summed E-state index contributed by atoms with van der Waals surface area (Å²) in [7, 11) is 0. The number of carbonyl (C=O) groups is 1. The molecule has 74 valence electrons. The van der Waals surface area contributed by atoms with Crippen molar-refractivity contribution in [1.29, 1.82) is 0 Å². The van der Waals surface area contributed by atoms with Gasteiger partial charge in [0.15, 0.2) is 0 Å². The maximum Gasteiger partial charge on any atom is 0.217 e. The minimum absolute atomic E-state index is 0.00741. The predicted octanol–water partition coefficient (Wildman–Crippen LogP) is 1.83. The highest BCUT2D eigenvalue weighted by molar-refractivity contribution is 5.73. The van der Waals surface area contributed by atoms with Crippen LogP contribution in [0.25, 0.3) is 0 Å². The molecule has 1 atom stereocenters. The van der Waals surface area contributed by atoms with E-state index in [4.69, 9.17) is 0 Å². The van der Waals surface area contributed by atoms with Gasteiger partial charge < -0.3 is 5.32 Å². The Kier molecular flexibility index (Phi) is 3.85. The van der Waals surface area contributed by atoms with Crippen LogP contribution in [-0.2, 0) is 4.79 Å². The summed E-state index contributed by atoms with van der Waals surface area (Å²) in [6.07, 6.45) is 5.95. The molecular formula is C11H14N2O. The first kappa shape index (κ1) is 10.4. The Morgan fingerprint density at radius 2 is 2.29 bits per heavy atom. The van der Waals surface area contributed by atoms with Gasteiger partial charge in [-0.15, -0.1) is 6.58 Å². The Morgan fingerprint density at radius 3 is 2.79 bits per heavy atom. The molecule has 3 nitrogen and oxygen atoms in total. The van der Waals surface area contributed by atoms with Gasteiger partial charge in [0.1, 0.15) is 0 Å². The lowest BCUT2D eigenvalue weighted by Gasteiger charge is -2.15. The highest BCUT2D eigenvalue weighted by Crippen LogP contribution is 2.15. The molecule has 0 fully saturated rings. The van der Waals surface area contributed by atoms with Gasteiger partial charge in [-0.1, -0.05) is 6.08 Å². The van der Waals surface area contributed by atoms with Gasteiger partial charge in [0, 0.05) is 19.3 Å². The Morgan fingerprint density at radius 1 is 1.64 bits per heavy atom. The first-order valence-corrected chi connectivity index (χ1v) is 4.52. The van der Waals surface area contributed by atoms with Crippen molar-refractivity contribution < 1.29 is 4.79 Å². The van der Waals surface area contributed by atoms with Crippen molar-refractivity contribution in [3.05, 3.63) is 42.7 Å². The molecule has 0 unspecified atom stereocenters. The number of nitrogens with zero attached hydrogens (tertiary/aromatic N) is 1. The molecule has 1 rings (SSSR count). The summed E-state index contributed by atoms with van der Waals surface area (Å²) < 4.78 is 0. The molecule has 0 aliphatic rings. The second kappa shape index (κ2) is 5.17. The van der Waals surface area contributed by atoms with Crippen molar-refractivity contribution in [2.24, 2.45) is 0 Å². The van der Waals surface area contributed by atoms with Crippen molar-refractivity contribution in [1.82, 2.24) is 10.3 Å². The summed E-state index contributed by atoms with van der Waals surface area (Å²) in [5.74, 6) is -0.0336. The van der Waals surface area contributed by atoms with Crippen LogP contribution in [0.4, 0.5) is 0 Å². The number of rotatable bonds is 4. The zero-order chi connectivity index (χ0) is 10.4. The summed E-state index contributed by atoms with van der Waals surface area (Å²) in [5, 5.41) is 2.86. The second-order valence-electron chi connectivity index (χ2n) is 3.06. The van der Waals surface area contributed by atoms with Gasteiger partial charge in [-0.05, 0) is 24.1 Å². The molecule has 3 heteroatoms. The van der Waals surface area contributed by atoms with Crippen LogP contribution in [0.1, 0.15) is 24.9 Å². The van der Waals surface area contributed by atoms with E-state index in [0.29, 0.717) is 0 Å². The quantitative estimate of drug-likeness (QED) is 0.736. The third kappa shape index (κ3) is 3.01. The van der Waals surface area contributed by atoms with Crippen molar-refractivity contribution in [2.75, 3.05) is 0 Å². The van der Waals surface area contributed by atoms with E-state index in [1.165, 1.54) is 6.92 Å². The van der Waals surface area contributed by atoms with Crippen LogP contribution in [0, 0.1) is 0 Å². The summed E-state index contributed by atoms with van der Waals surface area (Å²) in [6.45, 7) is 5.18. The van der Waals surface area contributed by atoms with Crippen molar-refractivity contribution in [3.63, 3.8) is 0 Å². The van der Waals surface area contributed by atoms with Crippen LogP contribution >= 0.6 is 0 Å². The zero-order valence-corrected chi connectivity index (χ0v) is 8.23. The molecule has 0 aliphatic heterocycles. The Balaban J connectivity index is 2.77. The van der Waals surface area contributed by atoms with E-state index in [1.807, 2.05) is 12.1 Å². The topological polar surface area (TPSA) is 42.0 Å². The standard InChI is InChI=1S/C11H14N2O/c1-3-4-11(13-9(2)14)10-5-7-12-8-6-10/h3,5-8,11H,1,4H2,2H3,(H,13,14)/t11-/m1/s1. The highest BCUT2D eigenvalue weighted by atomic mass is 16.1. The molecule has 0 saturated heterocycles. The molecular weight excluding hydrogens is 176 g/mol. The number of hydrogen-bond acceptors (Lipinski definition) is 2. The maximum absolute atomic E-state index is 10.9. The van der Waals surface area contributed by atoms with E-state index in [1.54, 1.807) is 18.5 Å². The molecule has 0 bridgehead atoms.